The van der Waals surface area contributed by atoms with Gasteiger partial charge in [0.2, 0.25) is 0 Å². The Labute approximate surface area is 183 Å². The lowest BCUT2D eigenvalue weighted by atomic mass is 9.99. The molecule has 0 saturated carbocycles. The van der Waals surface area contributed by atoms with Crippen molar-refractivity contribution in [1.82, 2.24) is 5.32 Å². The van der Waals surface area contributed by atoms with Gasteiger partial charge in [-0.1, -0.05) is 24.3 Å². The van der Waals surface area contributed by atoms with Gasteiger partial charge in [0.25, 0.3) is 0 Å². The van der Waals surface area contributed by atoms with Crippen LogP contribution >= 0.6 is 0 Å². The third-order valence-corrected chi connectivity index (χ3v) is 5.99. The number of amidine groups is 1. The number of nitrogens with zero attached hydrogens (tertiary/aromatic N) is 1. The second-order valence-corrected chi connectivity index (χ2v) is 8.10. The number of ether oxygens (including phenoxy) is 3. The van der Waals surface area contributed by atoms with Crippen LogP contribution in [0.5, 0.6) is 11.5 Å². The summed E-state index contributed by atoms with van der Waals surface area (Å²) in [5, 5.41) is 5.72. The highest BCUT2D eigenvalue weighted by atomic mass is 16.5. The first-order chi connectivity index (χ1) is 15.3. The van der Waals surface area contributed by atoms with E-state index in [1.54, 1.807) is 7.11 Å². The number of hydrogen-bond donors (Lipinski definition) is 1. The first kappa shape index (κ1) is 19.9. The highest BCUT2D eigenvalue weighted by Gasteiger charge is 2.19. The zero-order valence-electron chi connectivity index (χ0n) is 17.9. The van der Waals surface area contributed by atoms with Crippen molar-refractivity contribution in [2.24, 2.45) is 4.99 Å². The zero-order chi connectivity index (χ0) is 21.0. The van der Waals surface area contributed by atoms with Crippen LogP contribution in [-0.2, 0) is 4.74 Å². The van der Waals surface area contributed by atoms with Crippen LogP contribution in [0.4, 0.5) is 0 Å². The molecule has 5 rings (SSSR count). The molecule has 0 aliphatic carbocycles. The maximum atomic E-state index is 6.28. The molecule has 2 aliphatic heterocycles. The molecule has 2 aliphatic rings. The maximum Gasteiger partial charge on any atom is 0.132 e. The van der Waals surface area contributed by atoms with E-state index in [4.69, 9.17) is 14.2 Å². The summed E-state index contributed by atoms with van der Waals surface area (Å²) < 4.78 is 17.4. The van der Waals surface area contributed by atoms with Crippen molar-refractivity contribution in [1.29, 1.82) is 0 Å². The Morgan fingerprint density at radius 1 is 1.00 bits per heavy atom. The van der Waals surface area contributed by atoms with Gasteiger partial charge in [-0.3, -0.25) is 4.99 Å². The van der Waals surface area contributed by atoms with Crippen LogP contribution in [0.3, 0.4) is 0 Å². The van der Waals surface area contributed by atoms with Crippen molar-refractivity contribution in [2.75, 3.05) is 33.4 Å². The molecule has 5 heteroatoms. The van der Waals surface area contributed by atoms with Crippen LogP contribution in [0.25, 0.3) is 21.9 Å². The smallest absolute Gasteiger partial charge is 0.132 e. The first-order valence-electron chi connectivity index (χ1n) is 11.1. The fraction of sp³-hybridized carbons (Fsp3) is 0.346. The minimum absolute atomic E-state index is 0.174. The summed E-state index contributed by atoms with van der Waals surface area (Å²) in [5.41, 5.74) is 3.36. The van der Waals surface area contributed by atoms with Gasteiger partial charge < -0.3 is 19.5 Å². The minimum atomic E-state index is 0.174. The van der Waals surface area contributed by atoms with Crippen molar-refractivity contribution in [3.8, 4) is 22.6 Å². The molecule has 0 bridgehead atoms. The van der Waals surface area contributed by atoms with E-state index >= 15 is 0 Å². The van der Waals surface area contributed by atoms with Crippen molar-refractivity contribution < 1.29 is 14.2 Å². The average Bonchev–Trinajstić information content (AvgIpc) is 3.37. The molecule has 3 aromatic rings. The lowest BCUT2D eigenvalue weighted by Gasteiger charge is -2.23. The van der Waals surface area contributed by atoms with E-state index in [2.05, 4.69) is 52.8 Å². The number of nitrogens with one attached hydrogen (secondary N) is 1. The average molecular weight is 417 g/mol. The van der Waals surface area contributed by atoms with Crippen molar-refractivity contribution in [3.63, 3.8) is 0 Å². The third-order valence-electron chi connectivity index (χ3n) is 5.99. The van der Waals surface area contributed by atoms with Crippen molar-refractivity contribution >= 4 is 16.6 Å². The largest absolute Gasteiger partial charge is 0.497 e. The molecule has 0 amide bonds. The van der Waals surface area contributed by atoms with Gasteiger partial charge in [-0.25, -0.2) is 0 Å². The van der Waals surface area contributed by atoms with Gasteiger partial charge in [0.1, 0.15) is 23.9 Å². The standard InChI is InChI=1S/C26H28N2O3/c1-29-22-9-7-18(8-10-22)19-5-6-20-16-25(31-17-23-4-2-3-13-30-23)24(15-21(20)14-19)26-27-11-12-28-26/h5-10,14-16,23H,2-4,11-13,17H2,1H3,(H,27,28). The van der Waals surface area contributed by atoms with E-state index in [1.165, 1.54) is 17.4 Å². The molecule has 160 valence electrons. The Hall–Kier alpha value is -3.05. The van der Waals surface area contributed by atoms with E-state index in [0.29, 0.717) is 6.61 Å². The number of hydrogen-bond acceptors (Lipinski definition) is 5. The molecule has 1 saturated heterocycles. The van der Waals surface area contributed by atoms with Crippen molar-refractivity contribution in [2.45, 2.75) is 25.4 Å². The van der Waals surface area contributed by atoms with Gasteiger partial charge >= 0.3 is 0 Å². The number of fused-ring (bicyclic) bond motifs is 1. The lowest BCUT2D eigenvalue weighted by molar-refractivity contribution is -0.0110. The lowest BCUT2D eigenvalue weighted by Crippen LogP contribution is -2.27. The highest BCUT2D eigenvalue weighted by Crippen LogP contribution is 2.31. The number of benzene rings is 3. The van der Waals surface area contributed by atoms with Crippen LogP contribution in [-0.4, -0.2) is 45.4 Å². The van der Waals surface area contributed by atoms with Crippen LogP contribution in [0, 0.1) is 0 Å². The maximum absolute atomic E-state index is 6.28. The topological polar surface area (TPSA) is 52.1 Å². The van der Waals surface area contributed by atoms with Crippen molar-refractivity contribution in [3.05, 3.63) is 60.2 Å². The number of aliphatic imine (C=N–C) groups is 1. The number of rotatable bonds is 6. The molecule has 0 aromatic heterocycles. The Kier molecular flexibility index (Phi) is 5.76. The van der Waals surface area contributed by atoms with Gasteiger partial charge in [-0.05, 0) is 71.5 Å². The van der Waals surface area contributed by atoms with Gasteiger partial charge in [-0.15, -0.1) is 0 Å². The van der Waals surface area contributed by atoms with Gasteiger partial charge in [0, 0.05) is 13.2 Å². The quantitative estimate of drug-likeness (QED) is 0.626. The Balaban J connectivity index is 1.48. The molecular formula is C26H28N2O3. The van der Waals surface area contributed by atoms with Gasteiger partial charge in [0.15, 0.2) is 0 Å². The molecule has 31 heavy (non-hydrogen) atoms. The summed E-state index contributed by atoms with van der Waals surface area (Å²) in [6, 6.07) is 19.0. The summed E-state index contributed by atoms with van der Waals surface area (Å²) in [6.45, 7) is 3.07. The Morgan fingerprint density at radius 3 is 2.61 bits per heavy atom. The summed E-state index contributed by atoms with van der Waals surface area (Å²) in [6.07, 6.45) is 3.59. The normalized spacial score (nSPS) is 18.5. The van der Waals surface area contributed by atoms with E-state index < -0.39 is 0 Å². The predicted octanol–water partition coefficient (Wildman–Crippen LogP) is 4.81. The molecule has 5 nitrogen and oxygen atoms in total. The van der Waals surface area contributed by atoms with Crippen LogP contribution in [0.2, 0.25) is 0 Å². The molecule has 0 spiro atoms. The summed E-state index contributed by atoms with van der Waals surface area (Å²) in [4.78, 5) is 4.65. The summed E-state index contributed by atoms with van der Waals surface area (Å²) in [5.74, 6) is 2.64. The first-order valence-corrected chi connectivity index (χ1v) is 11.1. The van der Waals surface area contributed by atoms with Gasteiger partial charge in [-0.2, -0.15) is 0 Å². The van der Waals surface area contributed by atoms with E-state index in [0.717, 1.165) is 66.4 Å². The molecule has 1 atom stereocenters. The molecular weight excluding hydrogens is 388 g/mol. The molecule has 3 aromatic carbocycles. The zero-order valence-corrected chi connectivity index (χ0v) is 17.9. The minimum Gasteiger partial charge on any atom is -0.497 e. The fourth-order valence-corrected chi connectivity index (χ4v) is 4.24. The predicted molar refractivity (Wildman–Crippen MR) is 124 cm³/mol. The molecule has 1 fully saturated rings. The molecule has 0 radical (unpaired) electrons. The fourth-order valence-electron chi connectivity index (χ4n) is 4.24. The monoisotopic (exact) mass is 416 g/mol. The Bertz CT molecular complexity index is 1090. The molecule has 1 N–H and O–H groups in total. The van der Waals surface area contributed by atoms with Crippen LogP contribution in [0.15, 0.2) is 59.6 Å². The Morgan fingerprint density at radius 2 is 1.87 bits per heavy atom. The number of methoxy groups -OCH3 is 1. The molecule has 1 unspecified atom stereocenters. The third kappa shape index (κ3) is 4.37. The van der Waals surface area contributed by atoms with E-state index in [9.17, 15) is 0 Å². The summed E-state index contributed by atoms with van der Waals surface area (Å²) >= 11 is 0. The SMILES string of the molecule is COc1ccc(-c2ccc3cc(OCC4CCCCO4)c(C4=NCCN4)cc3c2)cc1. The van der Waals surface area contributed by atoms with Crippen LogP contribution in [0.1, 0.15) is 24.8 Å². The van der Waals surface area contributed by atoms with Gasteiger partial charge in [0.05, 0.1) is 25.3 Å². The van der Waals surface area contributed by atoms with E-state index in [1.807, 2.05) is 12.1 Å². The summed E-state index contributed by atoms with van der Waals surface area (Å²) in [7, 11) is 1.69. The van der Waals surface area contributed by atoms with E-state index in [-0.39, 0.29) is 6.10 Å². The highest BCUT2D eigenvalue weighted by molar-refractivity contribution is 6.06. The second kappa shape index (κ2) is 8.98. The second-order valence-electron chi connectivity index (χ2n) is 8.10. The molecule has 2 heterocycles. The van der Waals surface area contributed by atoms with Crippen LogP contribution < -0.4 is 14.8 Å².